The second-order valence-corrected chi connectivity index (χ2v) is 6.54. The van der Waals surface area contributed by atoms with E-state index in [2.05, 4.69) is 41.8 Å². The fourth-order valence-electron chi connectivity index (χ4n) is 2.11. The number of benzene rings is 2. The molecule has 0 atom stereocenters. The average molecular weight is 359 g/mol. The molecule has 0 saturated carbocycles. The highest BCUT2D eigenvalue weighted by Gasteiger charge is 2.04. The van der Waals surface area contributed by atoms with E-state index >= 15 is 0 Å². The Morgan fingerprint density at radius 1 is 1.08 bits per heavy atom. The number of anilines is 1. The normalized spacial score (nSPS) is 10.3. The van der Waals surface area contributed by atoms with Gasteiger partial charge in [0.05, 0.1) is 10.7 Å². The third kappa shape index (κ3) is 6.84. The fraction of sp³-hybridized carbons (Fsp3) is 0.278. The lowest BCUT2D eigenvalue weighted by Crippen LogP contribution is -2.30. The van der Waals surface area contributed by atoms with Crippen molar-refractivity contribution in [2.24, 2.45) is 0 Å². The lowest BCUT2D eigenvalue weighted by Gasteiger charge is -2.08. The molecule has 0 radical (unpaired) electrons. The first kappa shape index (κ1) is 18.8. The second-order valence-electron chi connectivity index (χ2n) is 5.56. The molecule has 0 aliphatic carbocycles. The van der Waals surface area contributed by atoms with Gasteiger partial charge in [0.1, 0.15) is 0 Å². The minimum absolute atomic E-state index is 0.00242. The number of rotatable bonds is 9. The van der Waals surface area contributed by atoms with Crippen molar-refractivity contribution in [1.29, 1.82) is 0 Å². The summed E-state index contributed by atoms with van der Waals surface area (Å²) in [5.41, 5.74) is 3.29. The van der Waals surface area contributed by atoms with Gasteiger partial charge in [0, 0.05) is 36.7 Å². The van der Waals surface area contributed by atoms with Crippen LogP contribution in [0.5, 0.6) is 0 Å². The lowest BCUT2D eigenvalue weighted by molar-refractivity contribution is -0.384. The van der Waals surface area contributed by atoms with E-state index in [1.807, 2.05) is 0 Å². The van der Waals surface area contributed by atoms with Crippen LogP contribution in [0.15, 0.2) is 48.5 Å². The molecule has 2 aromatic rings. The number of nitrogens with one attached hydrogen (secondary N) is 2. The molecular weight excluding hydrogens is 338 g/mol. The van der Waals surface area contributed by atoms with Crippen molar-refractivity contribution < 1.29 is 9.72 Å². The van der Waals surface area contributed by atoms with Crippen LogP contribution < -0.4 is 10.6 Å². The van der Waals surface area contributed by atoms with Crippen molar-refractivity contribution in [2.45, 2.75) is 12.7 Å². The molecule has 2 N–H and O–H groups in total. The number of hydrogen-bond donors (Lipinski definition) is 2. The number of amides is 1. The second kappa shape index (κ2) is 9.68. The van der Waals surface area contributed by atoms with Gasteiger partial charge in [0.2, 0.25) is 5.91 Å². The largest absolute Gasteiger partial charge is 0.383 e. The van der Waals surface area contributed by atoms with E-state index in [-0.39, 0.29) is 11.6 Å². The number of hydrogen-bond acceptors (Lipinski definition) is 5. The van der Waals surface area contributed by atoms with Gasteiger partial charge in [-0.15, -0.1) is 11.8 Å². The van der Waals surface area contributed by atoms with Crippen LogP contribution in [-0.4, -0.2) is 29.7 Å². The van der Waals surface area contributed by atoms with Crippen LogP contribution in [0.2, 0.25) is 0 Å². The Morgan fingerprint density at radius 2 is 1.76 bits per heavy atom. The smallest absolute Gasteiger partial charge is 0.269 e. The highest BCUT2D eigenvalue weighted by Crippen LogP contribution is 2.15. The van der Waals surface area contributed by atoms with E-state index in [0.29, 0.717) is 18.8 Å². The summed E-state index contributed by atoms with van der Waals surface area (Å²) in [6.45, 7) is 3.11. The van der Waals surface area contributed by atoms with Crippen LogP contribution in [0.1, 0.15) is 11.1 Å². The van der Waals surface area contributed by atoms with Crippen molar-refractivity contribution in [1.82, 2.24) is 5.32 Å². The van der Waals surface area contributed by atoms with Crippen molar-refractivity contribution >= 4 is 29.0 Å². The van der Waals surface area contributed by atoms with E-state index in [1.54, 1.807) is 23.9 Å². The van der Waals surface area contributed by atoms with Gasteiger partial charge in [0.25, 0.3) is 5.69 Å². The molecule has 0 heterocycles. The van der Waals surface area contributed by atoms with E-state index in [9.17, 15) is 14.9 Å². The van der Waals surface area contributed by atoms with Gasteiger partial charge < -0.3 is 10.6 Å². The topological polar surface area (TPSA) is 84.3 Å². The maximum atomic E-state index is 11.8. The number of nitro groups is 1. The molecule has 0 fully saturated rings. The van der Waals surface area contributed by atoms with Gasteiger partial charge in [-0.1, -0.05) is 29.8 Å². The molecule has 0 aromatic heterocycles. The molecular formula is C18H21N3O3S. The maximum absolute atomic E-state index is 11.8. The van der Waals surface area contributed by atoms with Crippen LogP contribution in [0, 0.1) is 17.0 Å². The number of thioether (sulfide) groups is 1. The standard InChI is InChI=1S/C18H21N3O3S/c1-14-2-4-15(5-3-14)12-25-13-18(22)20-11-10-19-16-6-8-17(9-7-16)21(23)24/h2-9,19H,10-13H2,1H3,(H,20,22). The third-order valence-corrected chi connectivity index (χ3v) is 4.48. The Labute approximate surface area is 151 Å². The molecule has 0 aliphatic heterocycles. The van der Waals surface area contributed by atoms with Gasteiger partial charge >= 0.3 is 0 Å². The van der Waals surface area contributed by atoms with E-state index in [4.69, 9.17) is 0 Å². The fourth-order valence-corrected chi connectivity index (χ4v) is 2.92. The predicted molar refractivity (Wildman–Crippen MR) is 102 cm³/mol. The summed E-state index contributed by atoms with van der Waals surface area (Å²) in [4.78, 5) is 21.9. The average Bonchev–Trinajstić information content (AvgIpc) is 2.61. The number of nitrogens with zero attached hydrogens (tertiary/aromatic N) is 1. The number of non-ortho nitro benzene ring substituents is 1. The van der Waals surface area contributed by atoms with Crippen molar-refractivity contribution in [3.8, 4) is 0 Å². The predicted octanol–water partition coefficient (Wildman–Crippen LogP) is 3.36. The maximum Gasteiger partial charge on any atom is 0.269 e. The SMILES string of the molecule is Cc1ccc(CSCC(=O)NCCNc2ccc([N+](=O)[O-])cc2)cc1. The minimum atomic E-state index is -0.432. The van der Waals surface area contributed by atoms with Gasteiger partial charge in [0.15, 0.2) is 0 Å². The van der Waals surface area contributed by atoms with Crippen molar-refractivity contribution in [3.05, 3.63) is 69.8 Å². The van der Waals surface area contributed by atoms with Crippen LogP contribution >= 0.6 is 11.8 Å². The molecule has 0 unspecified atom stereocenters. The minimum Gasteiger partial charge on any atom is -0.383 e. The zero-order valence-electron chi connectivity index (χ0n) is 14.0. The molecule has 6 nitrogen and oxygen atoms in total. The lowest BCUT2D eigenvalue weighted by atomic mass is 10.2. The first-order chi connectivity index (χ1) is 12.0. The summed E-state index contributed by atoms with van der Waals surface area (Å²) >= 11 is 1.58. The molecule has 0 saturated heterocycles. The van der Waals surface area contributed by atoms with Gasteiger partial charge in [-0.05, 0) is 24.6 Å². The molecule has 7 heteroatoms. The molecule has 0 aliphatic rings. The number of aryl methyl sites for hydroxylation is 1. The summed E-state index contributed by atoms with van der Waals surface area (Å²) in [5, 5.41) is 16.5. The highest BCUT2D eigenvalue weighted by molar-refractivity contribution is 7.99. The molecule has 2 aromatic carbocycles. The van der Waals surface area contributed by atoms with Crippen LogP contribution in [0.25, 0.3) is 0 Å². The summed E-state index contributed by atoms with van der Waals surface area (Å²) in [5.74, 6) is 1.24. The third-order valence-electron chi connectivity index (χ3n) is 3.48. The van der Waals surface area contributed by atoms with Gasteiger partial charge in [-0.2, -0.15) is 0 Å². The number of carbonyl (C=O) groups is 1. The van der Waals surface area contributed by atoms with Crippen LogP contribution in [0.4, 0.5) is 11.4 Å². The number of carbonyl (C=O) groups excluding carboxylic acids is 1. The van der Waals surface area contributed by atoms with Crippen molar-refractivity contribution in [2.75, 3.05) is 24.2 Å². The Bertz CT molecular complexity index is 703. The van der Waals surface area contributed by atoms with Crippen LogP contribution in [0.3, 0.4) is 0 Å². The van der Waals surface area contributed by atoms with Crippen molar-refractivity contribution in [3.63, 3.8) is 0 Å². The molecule has 132 valence electrons. The summed E-state index contributed by atoms with van der Waals surface area (Å²) in [6.07, 6.45) is 0. The monoisotopic (exact) mass is 359 g/mol. The van der Waals surface area contributed by atoms with Gasteiger partial charge in [-0.25, -0.2) is 0 Å². The Balaban J connectivity index is 1.58. The molecule has 25 heavy (non-hydrogen) atoms. The van der Waals surface area contributed by atoms with E-state index in [0.717, 1.165) is 11.4 Å². The van der Waals surface area contributed by atoms with E-state index < -0.39 is 4.92 Å². The highest BCUT2D eigenvalue weighted by atomic mass is 32.2. The Morgan fingerprint density at radius 3 is 2.40 bits per heavy atom. The zero-order valence-corrected chi connectivity index (χ0v) is 14.8. The summed E-state index contributed by atoms with van der Waals surface area (Å²) in [6, 6.07) is 14.5. The first-order valence-corrected chi connectivity index (χ1v) is 9.08. The molecule has 0 bridgehead atoms. The van der Waals surface area contributed by atoms with Gasteiger partial charge in [-0.3, -0.25) is 14.9 Å². The Kier molecular flexibility index (Phi) is 7.28. The molecule has 2 rings (SSSR count). The summed E-state index contributed by atoms with van der Waals surface area (Å²) < 4.78 is 0. The van der Waals surface area contributed by atoms with Crippen LogP contribution in [-0.2, 0) is 10.5 Å². The number of nitro benzene ring substituents is 1. The zero-order chi connectivity index (χ0) is 18.1. The van der Waals surface area contributed by atoms with E-state index in [1.165, 1.54) is 23.3 Å². The first-order valence-electron chi connectivity index (χ1n) is 7.93. The molecule has 1 amide bonds. The molecule has 0 spiro atoms. The quantitative estimate of drug-likeness (QED) is 0.407. The Hall–Kier alpha value is -2.54. The summed E-state index contributed by atoms with van der Waals surface area (Å²) in [7, 11) is 0.